The van der Waals surface area contributed by atoms with Gasteiger partial charge in [0.05, 0.1) is 17.8 Å². The highest BCUT2D eigenvalue weighted by atomic mass is 16.6. The minimum Gasteiger partial charge on any atom is -0.462 e. The monoisotopic (exact) mass is 619 g/mol. The van der Waals surface area contributed by atoms with E-state index >= 15 is 0 Å². The van der Waals surface area contributed by atoms with Gasteiger partial charge >= 0.3 is 17.9 Å². The Bertz CT molecular complexity index is 1000. The van der Waals surface area contributed by atoms with Crippen LogP contribution in [0, 0.1) is 17.8 Å². The zero-order chi connectivity index (χ0) is 33.1. The SMILES string of the molecule is CC1(C)CC(OC(=O)C2CCC(C(=O)OC3CC(C)(C)NC(C)(C)C3)C2C(=O)OC2CC(C)(C)NC(C)(C)C2)CC(C)(C)N1. The van der Waals surface area contributed by atoms with Crippen molar-refractivity contribution in [2.45, 2.75) is 186 Å². The maximum absolute atomic E-state index is 14.1. The first-order valence-corrected chi connectivity index (χ1v) is 16.9. The van der Waals surface area contributed by atoms with E-state index < -0.39 is 35.7 Å². The second-order valence-corrected chi connectivity index (χ2v) is 18.4. The Morgan fingerprint density at radius 2 is 0.659 bits per heavy atom. The van der Waals surface area contributed by atoms with E-state index in [1.807, 2.05) is 0 Å². The quantitative estimate of drug-likeness (QED) is 0.273. The summed E-state index contributed by atoms with van der Waals surface area (Å²) in [5.41, 5.74) is -1.23. The van der Waals surface area contributed by atoms with Crippen LogP contribution in [0.5, 0.6) is 0 Å². The van der Waals surface area contributed by atoms with Crippen LogP contribution in [-0.2, 0) is 28.6 Å². The predicted molar refractivity (Wildman–Crippen MR) is 171 cm³/mol. The number of esters is 3. The lowest BCUT2D eigenvalue weighted by molar-refractivity contribution is -0.175. The summed E-state index contributed by atoms with van der Waals surface area (Å²) < 4.78 is 18.5. The second-order valence-electron chi connectivity index (χ2n) is 18.4. The number of piperidine rings is 3. The van der Waals surface area contributed by atoms with Gasteiger partial charge in [-0.2, -0.15) is 0 Å². The number of hydrogen-bond donors (Lipinski definition) is 3. The Labute approximate surface area is 266 Å². The molecule has 4 fully saturated rings. The average Bonchev–Trinajstić information content (AvgIpc) is 3.18. The van der Waals surface area contributed by atoms with Gasteiger partial charge in [-0.3, -0.25) is 14.4 Å². The smallest absolute Gasteiger partial charge is 0.310 e. The molecule has 4 rings (SSSR count). The third-order valence-corrected chi connectivity index (χ3v) is 9.84. The Kier molecular flexibility index (Phi) is 9.45. The summed E-state index contributed by atoms with van der Waals surface area (Å²) in [6.45, 7) is 25.3. The Balaban J connectivity index is 1.54. The molecule has 2 unspecified atom stereocenters. The first kappa shape index (κ1) is 35.1. The van der Waals surface area contributed by atoms with Crippen LogP contribution in [0.1, 0.15) is 134 Å². The highest BCUT2D eigenvalue weighted by Crippen LogP contribution is 2.43. The molecule has 0 radical (unpaired) electrons. The average molecular weight is 620 g/mol. The van der Waals surface area contributed by atoms with Crippen molar-refractivity contribution in [3.05, 3.63) is 0 Å². The fourth-order valence-electron chi connectivity index (χ4n) is 9.54. The molecule has 9 nitrogen and oxygen atoms in total. The molecule has 1 aliphatic carbocycles. The van der Waals surface area contributed by atoms with Crippen molar-refractivity contribution in [1.82, 2.24) is 16.0 Å². The third kappa shape index (κ3) is 8.97. The largest absolute Gasteiger partial charge is 0.462 e. The number of hydrogen-bond acceptors (Lipinski definition) is 9. The van der Waals surface area contributed by atoms with Crippen molar-refractivity contribution < 1.29 is 28.6 Å². The van der Waals surface area contributed by atoms with Crippen LogP contribution < -0.4 is 16.0 Å². The van der Waals surface area contributed by atoms with Crippen LogP contribution in [-0.4, -0.2) is 69.5 Å². The Hall–Kier alpha value is -1.71. The first-order chi connectivity index (χ1) is 19.9. The lowest BCUT2D eigenvalue weighted by atomic mass is 9.80. The predicted octanol–water partition coefficient (Wildman–Crippen LogP) is 5.19. The molecule has 252 valence electrons. The fourth-order valence-corrected chi connectivity index (χ4v) is 9.54. The molecular formula is C35H61N3O6. The number of rotatable bonds is 6. The van der Waals surface area contributed by atoms with Crippen molar-refractivity contribution in [2.75, 3.05) is 0 Å². The van der Waals surface area contributed by atoms with Crippen molar-refractivity contribution in [1.29, 1.82) is 0 Å². The fraction of sp³-hybridized carbons (Fsp3) is 0.914. The molecule has 0 aromatic heterocycles. The van der Waals surface area contributed by atoms with Gasteiger partial charge in [-0.15, -0.1) is 0 Å². The number of ether oxygens (including phenoxy) is 3. The topological polar surface area (TPSA) is 115 Å². The van der Waals surface area contributed by atoms with Crippen LogP contribution in [0.3, 0.4) is 0 Å². The molecule has 0 bridgehead atoms. The molecule has 9 heteroatoms. The van der Waals surface area contributed by atoms with Gasteiger partial charge in [0, 0.05) is 71.8 Å². The lowest BCUT2D eigenvalue weighted by Crippen LogP contribution is -2.60. The third-order valence-electron chi connectivity index (χ3n) is 9.84. The van der Waals surface area contributed by atoms with Crippen LogP contribution in [0.4, 0.5) is 0 Å². The molecule has 1 saturated carbocycles. The molecule has 0 spiro atoms. The summed E-state index contributed by atoms with van der Waals surface area (Å²) in [7, 11) is 0. The first-order valence-electron chi connectivity index (χ1n) is 16.9. The normalized spacial score (nSPS) is 32.9. The van der Waals surface area contributed by atoms with Gasteiger partial charge in [-0.25, -0.2) is 0 Å². The zero-order valence-electron chi connectivity index (χ0n) is 29.6. The van der Waals surface area contributed by atoms with Gasteiger partial charge in [0.25, 0.3) is 0 Å². The van der Waals surface area contributed by atoms with E-state index in [4.69, 9.17) is 14.2 Å². The molecular weight excluding hydrogens is 558 g/mol. The summed E-state index contributed by atoms with van der Waals surface area (Å²) >= 11 is 0. The molecule has 0 aromatic carbocycles. The summed E-state index contributed by atoms with van der Waals surface area (Å²) in [6.07, 6.45) is 3.92. The van der Waals surface area contributed by atoms with E-state index in [0.717, 1.165) is 0 Å². The van der Waals surface area contributed by atoms with Crippen molar-refractivity contribution in [3.8, 4) is 0 Å². The minimum atomic E-state index is -0.929. The maximum Gasteiger partial charge on any atom is 0.310 e. The molecule has 44 heavy (non-hydrogen) atoms. The summed E-state index contributed by atoms with van der Waals surface area (Å²) in [5.74, 6) is -3.72. The van der Waals surface area contributed by atoms with E-state index in [1.54, 1.807) is 0 Å². The van der Waals surface area contributed by atoms with Crippen molar-refractivity contribution in [3.63, 3.8) is 0 Å². The van der Waals surface area contributed by atoms with Crippen LogP contribution in [0.2, 0.25) is 0 Å². The van der Waals surface area contributed by atoms with E-state index in [1.165, 1.54) is 0 Å². The summed E-state index contributed by atoms with van der Waals surface area (Å²) in [6, 6.07) is 0. The van der Waals surface area contributed by atoms with Gasteiger partial charge in [-0.05, 0) is 95.9 Å². The summed E-state index contributed by atoms with van der Waals surface area (Å²) in [4.78, 5) is 41.8. The van der Waals surface area contributed by atoms with E-state index in [2.05, 4.69) is 99.0 Å². The molecule has 3 N–H and O–H groups in total. The van der Waals surface area contributed by atoms with Gasteiger partial charge < -0.3 is 30.2 Å². The van der Waals surface area contributed by atoms with Crippen molar-refractivity contribution in [2.24, 2.45) is 17.8 Å². The lowest BCUT2D eigenvalue weighted by Gasteiger charge is -2.46. The standard InChI is InChI=1S/C35H61N3O6/c1-30(2)15-21(16-31(3,4)36-30)42-27(39)24-13-14-25(28(40)43-22-17-32(5,6)37-33(7,8)18-22)26(24)29(41)44-23-19-34(9,10)38-35(11,12)20-23/h21-26,36-38H,13-20H2,1-12H3. The van der Waals surface area contributed by atoms with Gasteiger partial charge in [0.2, 0.25) is 0 Å². The molecule has 3 aliphatic heterocycles. The molecule has 4 aliphatic rings. The molecule has 2 atom stereocenters. The van der Waals surface area contributed by atoms with Crippen molar-refractivity contribution >= 4 is 17.9 Å². The molecule has 3 heterocycles. The Morgan fingerprint density at radius 1 is 0.432 bits per heavy atom. The number of carbonyl (C=O) groups excluding carboxylic acids is 3. The van der Waals surface area contributed by atoms with Crippen LogP contribution in [0.25, 0.3) is 0 Å². The van der Waals surface area contributed by atoms with Gasteiger partial charge in [0.1, 0.15) is 18.3 Å². The van der Waals surface area contributed by atoms with E-state index in [-0.39, 0.29) is 51.5 Å². The summed E-state index contributed by atoms with van der Waals surface area (Å²) in [5, 5.41) is 10.9. The molecule has 3 saturated heterocycles. The van der Waals surface area contributed by atoms with E-state index in [0.29, 0.717) is 51.4 Å². The molecule has 0 amide bonds. The second kappa shape index (κ2) is 11.8. The minimum absolute atomic E-state index is 0.196. The van der Waals surface area contributed by atoms with Gasteiger partial charge in [0.15, 0.2) is 0 Å². The Morgan fingerprint density at radius 3 is 0.909 bits per heavy atom. The van der Waals surface area contributed by atoms with Gasteiger partial charge in [-0.1, -0.05) is 0 Å². The highest BCUT2D eigenvalue weighted by Gasteiger charge is 2.53. The number of carbonyl (C=O) groups is 3. The van der Waals surface area contributed by atoms with E-state index in [9.17, 15) is 14.4 Å². The number of nitrogens with one attached hydrogen (secondary N) is 3. The molecule has 0 aromatic rings. The zero-order valence-corrected chi connectivity index (χ0v) is 29.6. The maximum atomic E-state index is 14.1. The van der Waals surface area contributed by atoms with Crippen LogP contribution >= 0.6 is 0 Å². The van der Waals surface area contributed by atoms with Crippen LogP contribution in [0.15, 0.2) is 0 Å². The highest BCUT2D eigenvalue weighted by molar-refractivity contribution is 5.88.